The van der Waals surface area contributed by atoms with E-state index in [9.17, 15) is 4.39 Å². The van der Waals surface area contributed by atoms with Gasteiger partial charge in [-0.15, -0.1) is 22.7 Å². The molecule has 0 unspecified atom stereocenters. The molecule has 0 saturated carbocycles. The van der Waals surface area contributed by atoms with Gasteiger partial charge in [0.15, 0.2) is 0 Å². The molecule has 0 radical (unpaired) electrons. The Balaban J connectivity index is 0.000000289. The highest BCUT2D eigenvalue weighted by molar-refractivity contribution is 7.22. The zero-order valence-electron chi connectivity index (χ0n) is 30.1. The van der Waals surface area contributed by atoms with Crippen molar-refractivity contribution in [2.45, 2.75) is 61.9 Å². The molecule has 0 fully saturated rings. The van der Waals surface area contributed by atoms with Crippen LogP contribution in [0.5, 0.6) is 0 Å². The number of nitrogens with one attached hydrogen (secondary N) is 1. The van der Waals surface area contributed by atoms with E-state index >= 15 is 0 Å². The predicted molar refractivity (Wildman–Crippen MR) is 219 cm³/mol. The van der Waals surface area contributed by atoms with Gasteiger partial charge in [-0.3, -0.25) is 4.39 Å². The molecule has 0 aliphatic carbocycles. The summed E-state index contributed by atoms with van der Waals surface area (Å²) in [5.74, 6) is 0. The van der Waals surface area contributed by atoms with Gasteiger partial charge in [0.2, 0.25) is 0 Å². The fraction of sp³-hybridized carbons (Fsp3) is 0.238. The molecular formula is C42H51FN4S2. The van der Waals surface area contributed by atoms with Gasteiger partial charge in [-0.05, 0) is 92.2 Å². The van der Waals surface area contributed by atoms with E-state index in [0.717, 1.165) is 50.1 Å². The number of halogens is 1. The van der Waals surface area contributed by atoms with Gasteiger partial charge in [0.25, 0.3) is 0 Å². The van der Waals surface area contributed by atoms with E-state index in [4.69, 9.17) is 10.7 Å². The third kappa shape index (κ3) is 12.7. The second-order valence-electron chi connectivity index (χ2n) is 9.78. The molecule has 0 saturated heterocycles. The van der Waals surface area contributed by atoms with E-state index in [-0.39, 0.29) is 6.67 Å². The van der Waals surface area contributed by atoms with Crippen LogP contribution in [-0.4, -0.2) is 16.6 Å². The van der Waals surface area contributed by atoms with Crippen LogP contribution in [-0.2, 0) is 6.54 Å². The van der Waals surface area contributed by atoms with Gasteiger partial charge in [-0.2, -0.15) is 0 Å². The van der Waals surface area contributed by atoms with Crippen LogP contribution in [0.2, 0.25) is 0 Å². The number of rotatable bonds is 5. The summed E-state index contributed by atoms with van der Waals surface area (Å²) in [6.45, 7) is 16.2. The molecule has 7 heteroatoms. The number of aromatic nitrogens is 2. The van der Waals surface area contributed by atoms with Crippen molar-refractivity contribution in [3.63, 3.8) is 0 Å². The third-order valence-electron chi connectivity index (χ3n) is 6.49. The Labute approximate surface area is 300 Å². The first-order chi connectivity index (χ1) is 24.0. The van der Waals surface area contributed by atoms with Crippen LogP contribution in [0.15, 0.2) is 121 Å². The summed E-state index contributed by atoms with van der Waals surface area (Å²) in [6.07, 6.45) is 0. The lowest BCUT2D eigenvalue weighted by atomic mass is 10.1. The van der Waals surface area contributed by atoms with Crippen LogP contribution >= 0.6 is 22.7 Å². The molecule has 0 bridgehead atoms. The van der Waals surface area contributed by atoms with E-state index in [2.05, 4.69) is 90.0 Å². The molecule has 2 aromatic heterocycles. The van der Waals surface area contributed by atoms with Gasteiger partial charge in [0, 0.05) is 29.0 Å². The Morgan fingerprint density at radius 1 is 0.592 bits per heavy atom. The van der Waals surface area contributed by atoms with Crippen molar-refractivity contribution in [2.75, 3.05) is 17.7 Å². The van der Waals surface area contributed by atoms with Crippen molar-refractivity contribution in [2.24, 2.45) is 0 Å². The lowest BCUT2D eigenvalue weighted by Crippen LogP contribution is -1.98. The number of hydrogen-bond acceptors (Lipinski definition) is 6. The Kier molecular flexibility index (Phi) is 19.0. The highest BCUT2D eigenvalue weighted by Crippen LogP contribution is 2.31. The Hall–Kier alpha value is -4.59. The van der Waals surface area contributed by atoms with Gasteiger partial charge < -0.3 is 11.1 Å². The summed E-state index contributed by atoms with van der Waals surface area (Å²) in [7, 11) is 0. The predicted octanol–water partition coefficient (Wildman–Crippen LogP) is 13.5. The highest BCUT2D eigenvalue weighted by Gasteiger charge is 2.06. The fourth-order valence-electron chi connectivity index (χ4n) is 4.26. The summed E-state index contributed by atoms with van der Waals surface area (Å²) in [6, 6.07) is 41.4. The largest absolute Gasteiger partial charge is 0.399 e. The Morgan fingerprint density at radius 2 is 1.00 bits per heavy atom. The maximum atomic E-state index is 10.3. The van der Waals surface area contributed by atoms with Gasteiger partial charge in [-0.1, -0.05) is 95.6 Å². The van der Waals surface area contributed by atoms with E-state index in [1.54, 1.807) is 22.7 Å². The van der Waals surface area contributed by atoms with Gasteiger partial charge >= 0.3 is 0 Å². The molecule has 0 atom stereocenters. The van der Waals surface area contributed by atoms with Gasteiger partial charge in [0.1, 0.15) is 10.0 Å². The lowest BCUT2D eigenvalue weighted by Gasteiger charge is -2.07. The normalized spacial score (nSPS) is 9.57. The molecule has 4 nitrogen and oxygen atoms in total. The quantitative estimate of drug-likeness (QED) is 0.176. The number of nitrogen functional groups attached to an aromatic ring is 1. The average molecular weight is 695 g/mol. The minimum atomic E-state index is -0.250. The SMILES string of the molecule is CC.CC.CC.CCF.Cc1ccc(CNc2ccc(-c3nc4ccccc4s3)cc2)cc1.Nc1ccc(-c2nc3ccccc3s2)cc1. The molecule has 0 amide bonds. The molecule has 0 aliphatic rings. The van der Waals surface area contributed by atoms with Gasteiger partial charge in [0.05, 0.1) is 27.1 Å². The summed E-state index contributed by atoms with van der Waals surface area (Å²) in [4.78, 5) is 9.30. The second-order valence-corrected chi connectivity index (χ2v) is 11.8. The number of fused-ring (bicyclic) bond motifs is 2. The van der Waals surface area contributed by atoms with Crippen molar-refractivity contribution < 1.29 is 4.39 Å². The number of hydrogen-bond donors (Lipinski definition) is 2. The van der Waals surface area contributed by atoms with Crippen LogP contribution < -0.4 is 11.1 Å². The summed E-state index contributed by atoms with van der Waals surface area (Å²) in [5, 5.41) is 5.58. The first kappa shape index (κ1) is 40.6. The van der Waals surface area contributed by atoms with Gasteiger partial charge in [-0.25, -0.2) is 9.97 Å². The number of aryl methyl sites for hydroxylation is 1. The van der Waals surface area contributed by atoms with E-state index in [1.807, 2.05) is 90.1 Å². The molecular weight excluding hydrogens is 644 g/mol. The Morgan fingerprint density at radius 3 is 1.43 bits per heavy atom. The molecule has 0 spiro atoms. The number of nitrogens with two attached hydrogens (primary N) is 1. The second kappa shape index (κ2) is 22.9. The first-order valence-corrected chi connectivity index (χ1v) is 18.7. The van der Waals surface area contributed by atoms with Crippen molar-refractivity contribution in [1.29, 1.82) is 0 Å². The molecule has 5 aromatic carbocycles. The zero-order valence-corrected chi connectivity index (χ0v) is 31.8. The topological polar surface area (TPSA) is 63.8 Å². The minimum absolute atomic E-state index is 0.250. The zero-order chi connectivity index (χ0) is 36.0. The van der Waals surface area contributed by atoms with Crippen molar-refractivity contribution >= 4 is 54.5 Å². The standard InChI is InChI=1S/C21H18N2S.C13H10N2S.C2H5F.3C2H6/c1-15-6-8-16(9-7-15)14-22-18-12-10-17(11-13-18)21-23-19-4-2-3-5-20(19)24-21;14-10-7-5-9(6-8-10)13-15-11-3-1-2-4-12(11)16-13;1-2-3;3*1-2/h2-13,22H,14H2,1H3;1-8H,14H2;2H2,1H3;3*1-2H3. The van der Waals surface area contributed by atoms with Crippen molar-refractivity contribution in [3.05, 3.63) is 132 Å². The number of anilines is 2. The monoisotopic (exact) mass is 694 g/mol. The Bertz CT molecular complexity index is 1810. The van der Waals surface area contributed by atoms with E-state index < -0.39 is 0 Å². The summed E-state index contributed by atoms with van der Waals surface area (Å²) < 4.78 is 12.7. The van der Waals surface area contributed by atoms with Crippen molar-refractivity contribution in [3.8, 4) is 21.1 Å². The maximum Gasteiger partial charge on any atom is 0.124 e. The molecule has 2 heterocycles. The molecule has 7 aromatic rings. The minimum Gasteiger partial charge on any atom is -0.399 e. The average Bonchev–Trinajstić information content (AvgIpc) is 3.80. The van der Waals surface area contributed by atoms with E-state index in [1.165, 1.54) is 27.5 Å². The number of para-hydroxylation sites is 2. The number of thiazole rings is 2. The first-order valence-electron chi connectivity index (χ1n) is 17.0. The van der Waals surface area contributed by atoms with Crippen LogP contribution in [0, 0.1) is 6.92 Å². The molecule has 3 N–H and O–H groups in total. The summed E-state index contributed by atoms with van der Waals surface area (Å²) in [5.41, 5.74) is 14.6. The maximum absolute atomic E-state index is 10.3. The smallest absolute Gasteiger partial charge is 0.124 e. The lowest BCUT2D eigenvalue weighted by molar-refractivity contribution is 0.527. The third-order valence-corrected chi connectivity index (χ3v) is 8.67. The van der Waals surface area contributed by atoms with Crippen LogP contribution in [0.25, 0.3) is 41.6 Å². The van der Waals surface area contributed by atoms with Crippen LogP contribution in [0.1, 0.15) is 59.6 Å². The van der Waals surface area contributed by atoms with Crippen LogP contribution in [0.3, 0.4) is 0 Å². The highest BCUT2D eigenvalue weighted by atomic mass is 32.1. The molecule has 7 rings (SSSR count). The van der Waals surface area contributed by atoms with Crippen molar-refractivity contribution in [1.82, 2.24) is 9.97 Å². The van der Waals surface area contributed by atoms with Crippen LogP contribution in [0.4, 0.5) is 15.8 Å². The molecule has 0 aliphatic heterocycles. The number of nitrogens with zero attached hydrogens (tertiary/aromatic N) is 2. The fourth-order valence-corrected chi connectivity index (χ4v) is 6.20. The number of alkyl halides is 1. The molecule has 49 heavy (non-hydrogen) atoms. The summed E-state index contributed by atoms with van der Waals surface area (Å²) >= 11 is 3.44. The van der Waals surface area contributed by atoms with E-state index in [0.29, 0.717) is 0 Å². The number of benzene rings is 5. The molecule has 258 valence electrons.